The summed E-state index contributed by atoms with van der Waals surface area (Å²) in [4.78, 5) is 2.68. The van der Waals surface area contributed by atoms with Crippen LogP contribution in [0.3, 0.4) is 0 Å². The fraction of sp³-hybridized carbons (Fsp3) is 1.00. The molecule has 2 N–H and O–H groups in total. The minimum atomic E-state index is 0.422. The predicted octanol–water partition coefficient (Wildman–Crippen LogP) is 2.23. The summed E-state index contributed by atoms with van der Waals surface area (Å²) in [7, 11) is 0. The van der Waals surface area contributed by atoms with Crippen molar-refractivity contribution in [1.29, 1.82) is 0 Å². The summed E-state index contributed by atoms with van der Waals surface area (Å²) < 4.78 is 0. The number of nitrogens with zero attached hydrogens (tertiary/aromatic N) is 1. The lowest BCUT2D eigenvalue weighted by Gasteiger charge is -2.42. The molecule has 88 valence electrons. The van der Waals surface area contributed by atoms with Gasteiger partial charge in [-0.15, -0.1) is 0 Å². The molecule has 2 rings (SSSR count). The van der Waals surface area contributed by atoms with E-state index in [0.717, 1.165) is 24.4 Å². The first kappa shape index (κ1) is 11.4. The SMILES string of the molecule is CC1CCCC(N2CC(C)CC(N)C2)C1. The van der Waals surface area contributed by atoms with Crippen LogP contribution in [0.2, 0.25) is 0 Å². The maximum atomic E-state index is 6.12. The molecule has 1 aliphatic carbocycles. The van der Waals surface area contributed by atoms with E-state index in [1.807, 2.05) is 0 Å². The monoisotopic (exact) mass is 210 g/mol. The van der Waals surface area contributed by atoms with E-state index in [1.54, 1.807) is 0 Å². The van der Waals surface area contributed by atoms with E-state index in [9.17, 15) is 0 Å². The Morgan fingerprint density at radius 3 is 2.47 bits per heavy atom. The van der Waals surface area contributed by atoms with Crippen molar-refractivity contribution in [2.45, 2.75) is 58.0 Å². The summed E-state index contributed by atoms with van der Waals surface area (Å²) in [6.45, 7) is 7.17. The quantitative estimate of drug-likeness (QED) is 0.719. The molecule has 4 unspecified atom stereocenters. The molecule has 0 amide bonds. The molecule has 15 heavy (non-hydrogen) atoms. The molecule has 1 heterocycles. The Bertz CT molecular complexity index is 195. The van der Waals surface area contributed by atoms with Crippen molar-refractivity contribution in [2.24, 2.45) is 17.6 Å². The molecule has 0 bridgehead atoms. The van der Waals surface area contributed by atoms with E-state index < -0.39 is 0 Å². The summed E-state index contributed by atoms with van der Waals surface area (Å²) in [5, 5.41) is 0. The first-order chi connectivity index (χ1) is 7.15. The Labute approximate surface area is 94.2 Å². The zero-order chi connectivity index (χ0) is 10.8. The lowest BCUT2D eigenvalue weighted by atomic mass is 9.84. The van der Waals surface area contributed by atoms with E-state index in [-0.39, 0.29) is 0 Å². The van der Waals surface area contributed by atoms with Crippen LogP contribution in [0.15, 0.2) is 0 Å². The van der Waals surface area contributed by atoms with Gasteiger partial charge in [0.15, 0.2) is 0 Å². The van der Waals surface area contributed by atoms with Crippen LogP contribution in [-0.4, -0.2) is 30.1 Å². The molecule has 2 fully saturated rings. The lowest BCUT2D eigenvalue weighted by molar-refractivity contribution is 0.0799. The second kappa shape index (κ2) is 4.84. The van der Waals surface area contributed by atoms with Crippen molar-refractivity contribution in [2.75, 3.05) is 13.1 Å². The fourth-order valence-corrected chi connectivity index (χ4v) is 3.47. The molecular weight excluding hydrogens is 184 g/mol. The summed E-state index contributed by atoms with van der Waals surface area (Å²) in [5.74, 6) is 1.73. The molecule has 2 aliphatic rings. The molecule has 0 aromatic rings. The highest BCUT2D eigenvalue weighted by Gasteiger charge is 2.30. The maximum absolute atomic E-state index is 6.12. The van der Waals surface area contributed by atoms with Crippen LogP contribution in [0.5, 0.6) is 0 Å². The normalized spacial score (nSPS) is 44.2. The maximum Gasteiger partial charge on any atom is 0.0170 e. The highest BCUT2D eigenvalue weighted by atomic mass is 15.2. The Morgan fingerprint density at radius 2 is 1.80 bits per heavy atom. The summed E-state index contributed by atoms with van der Waals surface area (Å²) in [5.41, 5.74) is 6.12. The van der Waals surface area contributed by atoms with Crippen molar-refractivity contribution < 1.29 is 0 Å². The second-order valence-electron chi connectivity index (χ2n) is 5.98. The zero-order valence-corrected chi connectivity index (χ0v) is 10.3. The third-order valence-corrected chi connectivity index (χ3v) is 4.15. The first-order valence-corrected chi connectivity index (χ1v) is 6.64. The van der Waals surface area contributed by atoms with E-state index in [2.05, 4.69) is 18.7 Å². The highest BCUT2D eigenvalue weighted by Crippen LogP contribution is 2.29. The largest absolute Gasteiger partial charge is 0.327 e. The number of likely N-dealkylation sites (tertiary alicyclic amines) is 1. The Kier molecular flexibility index (Phi) is 3.68. The van der Waals surface area contributed by atoms with Gasteiger partial charge in [-0.2, -0.15) is 0 Å². The molecule has 4 atom stereocenters. The molecule has 0 radical (unpaired) electrons. The van der Waals surface area contributed by atoms with Crippen molar-refractivity contribution in [3.8, 4) is 0 Å². The van der Waals surface area contributed by atoms with Gasteiger partial charge in [-0.1, -0.05) is 26.7 Å². The van der Waals surface area contributed by atoms with Gasteiger partial charge in [0.05, 0.1) is 0 Å². The second-order valence-corrected chi connectivity index (χ2v) is 5.98. The molecule has 0 aromatic carbocycles. The van der Waals surface area contributed by atoms with Crippen molar-refractivity contribution in [3.63, 3.8) is 0 Å². The number of rotatable bonds is 1. The molecule has 1 saturated heterocycles. The highest BCUT2D eigenvalue weighted by molar-refractivity contribution is 4.86. The molecule has 2 heteroatoms. The summed E-state index contributed by atoms with van der Waals surface area (Å²) in [6.07, 6.45) is 6.89. The Balaban J connectivity index is 1.91. The minimum absolute atomic E-state index is 0.422. The van der Waals surface area contributed by atoms with E-state index in [1.165, 1.54) is 38.6 Å². The number of piperidine rings is 1. The smallest absolute Gasteiger partial charge is 0.0170 e. The van der Waals surface area contributed by atoms with Crippen LogP contribution in [-0.2, 0) is 0 Å². The number of nitrogens with two attached hydrogens (primary N) is 1. The lowest BCUT2D eigenvalue weighted by Crippen LogP contribution is -2.51. The van der Waals surface area contributed by atoms with E-state index in [0.29, 0.717) is 6.04 Å². The van der Waals surface area contributed by atoms with Crippen LogP contribution in [0.1, 0.15) is 46.0 Å². The number of hydrogen-bond donors (Lipinski definition) is 1. The first-order valence-electron chi connectivity index (χ1n) is 6.64. The molecule has 0 spiro atoms. The van der Waals surface area contributed by atoms with Gasteiger partial charge >= 0.3 is 0 Å². The average molecular weight is 210 g/mol. The average Bonchev–Trinajstić information content (AvgIpc) is 2.16. The van der Waals surface area contributed by atoms with E-state index >= 15 is 0 Å². The van der Waals surface area contributed by atoms with Gasteiger partial charge < -0.3 is 5.73 Å². The fourth-order valence-electron chi connectivity index (χ4n) is 3.47. The van der Waals surface area contributed by atoms with Gasteiger partial charge in [-0.3, -0.25) is 4.90 Å². The third-order valence-electron chi connectivity index (χ3n) is 4.15. The van der Waals surface area contributed by atoms with Gasteiger partial charge in [0, 0.05) is 25.2 Å². The predicted molar refractivity (Wildman–Crippen MR) is 64.7 cm³/mol. The Morgan fingerprint density at radius 1 is 1.00 bits per heavy atom. The van der Waals surface area contributed by atoms with Crippen LogP contribution < -0.4 is 5.73 Å². The Hall–Kier alpha value is -0.0800. The van der Waals surface area contributed by atoms with Crippen LogP contribution in [0, 0.1) is 11.8 Å². The standard InChI is InChI=1S/C13H26N2/c1-10-4-3-5-13(7-10)15-8-11(2)6-12(14)9-15/h10-13H,3-9,14H2,1-2H3. The molecular formula is C13H26N2. The summed E-state index contributed by atoms with van der Waals surface area (Å²) >= 11 is 0. The van der Waals surface area contributed by atoms with Gasteiger partial charge in [-0.25, -0.2) is 0 Å². The van der Waals surface area contributed by atoms with E-state index in [4.69, 9.17) is 5.73 Å². The van der Waals surface area contributed by atoms with Crippen LogP contribution in [0.25, 0.3) is 0 Å². The van der Waals surface area contributed by atoms with Gasteiger partial charge in [-0.05, 0) is 31.1 Å². The number of hydrogen-bond acceptors (Lipinski definition) is 2. The van der Waals surface area contributed by atoms with Gasteiger partial charge in [0.25, 0.3) is 0 Å². The molecule has 1 saturated carbocycles. The van der Waals surface area contributed by atoms with Gasteiger partial charge in [0.2, 0.25) is 0 Å². The minimum Gasteiger partial charge on any atom is -0.327 e. The molecule has 2 nitrogen and oxygen atoms in total. The molecule has 1 aliphatic heterocycles. The van der Waals surface area contributed by atoms with Crippen molar-refractivity contribution in [1.82, 2.24) is 4.90 Å². The molecule has 0 aromatic heterocycles. The van der Waals surface area contributed by atoms with Crippen molar-refractivity contribution in [3.05, 3.63) is 0 Å². The van der Waals surface area contributed by atoms with Crippen molar-refractivity contribution >= 4 is 0 Å². The van der Waals surface area contributed by atoms with Gasteiger partial charge in [0.1, 0.15) is 0 Å². The summed E-state index contributed by atoms with van der Waals surface area (Å²) in [6, 6.07) is 1.26. The van der Waals surface area contributed by atoms with Crippen LogP contribution in [0.4, 0.5) is 0 Å². The third kappa shape index (κ3) is 2.94. The zero-order valence-electron chi connectivity index (χ0n) is 10.3. The van der Waals surface area contributed by atoms with Crippen LogP contribution >= 0.6 is 0 Å². The topological polar surface area (TPSA) is 29.3 Å².